The molecule has 3 rings (SSSR count). The lowest BCUT2D eigenvalue weighted by molar-refractivity contribution is 0.353. The summed E-state index contributed by atoms with van der Waals surface area (Å²) in [4.78, 5) is 8.43. The van der Waals surface area contributed by atoms with Crippen molar-refractivity contribution in [2.45, 2.75) is 26.2 Å². The summed E-state index contributed by atoms with van der Waals surface area (Å²) in [5.41, 5.74) is 8.78. The lowest BCUT2D eigenvalue weighted by atomic mass is 9.97. The predicted octanol–water partition coefficient (Wildman–Crippen LogP) is 2.29. The van der Waals surface area contributed by atoms with Gasteiger partial charge < -0.3 is 15.2 Å². The molecule has 7 nitrogen and oxygen atoms in total. The quantitative estimate of drug-likeness (QED) is 0.904. The summed E-state index contributed by atoms with van der Waals surface area (Å²) >= 11 is 0. The van der Waals surface area contributed by atoms with Gasteiger partial charge >= 0.3 is 6.01 Å². The number of hydrogen-bond donors (Lipinski definition) is 1. The van der Waals surface area contributed by atoms with Crippen LogP contribution in [-0.2, 0) is 0 Å². The second-order valence-electron chi connectivity index (χ2n) is 6.09. The Labute approximate surface area is 135 Å². The van der Waals surface area contributed by atoms with E-state index < -0.39 is 0 Å². The molecule has 122 valence electrons. The zero-order valence-corrected chi connectivity index (χ0v) is 13.8. The van der Waals surface area contributed by atoms with Crippen molar-refractivity contribution >= 4 is 5.82 Å². The molecule has 0 amide bonds. The first-order chi connectivity index (χ1) is 11.1. The fourth-order valence-corrected chi connectivity index (χ4v) is 3.09. The van der Waals surface area contributed by atoms with E-state index in [1.807, 2.05) is 0 Å². The van der Waals surface area contributed by atoms with Crippen LogP contribution in [0.3, 0.4) is 0 Å². The van der Waals surface area contributed by atoms with Crippen LogP contribution in [0, 0.1) is 11.8 Å². The maximum atomic E-state index is 6.13. The molecule has 0 unspecified atom stereocenters. The molecule has 0 saturated heterocycles. The molecule has 1 aliphatic rings. The highest BCUT2D eigenvalue weighted by Crippen LogP contribution is 2.55. The summed E-state index contributed by atoms with van der Waals surface area (Å²) in [5.74, 6) is 2.52. The van der Waals surface area contributed by atoms with Crippen LogP contribution in [0.4, 0.5) is 5.82 Å². The average Bonchev–Trinajstić information content (AvgIpc) is 3.34. The van der Waals surface area contributed by atoms with Gasteiger partial charge in [-0.1, -0.05) is 13.8 Å². The highest BCUT2D eigenvalue weighted by Gasteiger charge is 2.43. The summed E-state index contributed by atoms with van der Waals surface area (Å²) in [7, 11) is 3.08. The van der Waals surface area contributed by atoms with Crippen LogP contribution in [0.5, 0.6) is 11.9 Å². The number of hydrogen-bond acceptors (Lipinski definition) is 7. The van der Waals surface area contributed by atoms with E-state index in [-0.39, 0.29) is 6.01 Å². The highest BCUT2D eigenvalue weighted by atomic mass is 16.5. The summed E-state index contributed by atoms with van der Waals surface area (Å²) in [6.45, 7) is 4.46. The van der Waals surface area contributed by atoms with Gasteiger partial charge in [0.2, 0.25) is 5.88 Å². The van der Waals surface area contributed by atoms with Gasteiger partial charge in [0.15, 0.2) is 0 Å². The minimum Gasteiger partial charge on any atom is -0.480 e. The maximum Gasteiger partial charge on any atom is 0.319 e. The van der Waals surface area contributed by atoms with E-state index in [4.69, 9.17) is 15.2 Å². The van der Waals surface area contributed by atoms with Crippen molar-refractivity contribution in [3.63, 3.8) is 0 Å². The Hall–Kier alpha value is -2.44. The lowest BCUT2D eigenvalue weighted by Gasteiger charge is -2.14. The SMILES string of the molecule is COc1ncc(-c2cnnc(N)c2[C@H]2C[C@@H]2C(C)C)c(OC)n1. The summed E-state index contributed by atoms with van der Waals surface area (Å²) < 4.78 is 10.4. The molecule has 0 aliphatic heterocycles. The summed E-state index contributed by atoms with van der Waals surface area (Å²) in [6, 6.07) is 0.258. The molecule has 7 heteroatoms. The third-order valence-electron chi connectivity index (χ3n) is 4.38. The number of methoxy groups -OCH3 is 2. The number of ether oxygens (including phenoxy) is 2. The number of anilines is 1. The smallest absolute Gasteiger partial charge is 0.319 e. The van der Waals surface area contributed by atoms with Crippen LogP contribution in [0.15, 0.2) is 12.4 Å². The summed E-state index contributed by atoms with van der Waals surface area (Å²) in [5, 5.41) is 8.03. The predicted molar refractivity (Wildman–Crippen MR) is 86.3 cm³/mol. The standard InChI is InChI=1S/C16H21N5O2/c1-8(2)9-5-10(9)13-11(7-19-21-14(13)17)12-6-18-16(23-4)20-15(12)22-3/h6-10H,5H2,1-4H3,(H2,17,21)/t9-,10+/m1/s1. The van der Waals surface area contributed by atoms with Gasteiger partial charge in [0.25, 0.3) is 0 Å². The first kappa shape index (κ1) is 15.5. The fraction of sp³-hybridized carbons (Fsp3) is 0.500. The van der Waals surface area contributed by atoms with Crippen LogP contribution in [-0.4, -0.2) is 34.4 Å². The Balaban J connectivity index is 2.09. The molecular formula is C16H21N5O2. The maximum absolute atomic E-state index is 6.13. The molecule has 1 saturated carbocycles. The van der Waals surface area contributed by atoms with Gasteiger partial charge in [0.1, 0.15) is 5.82 Å². The molecule has 1 fully saturated rings. The first-order valence-electron chi connectivity index (χ1n) is 7.63. The Bertz CT molecular complexity index is 720. The average molecular weight is 315 g/mol. The van der Waals surface area contributed by atoms with Gasteiger partial charge in [0, 0.05) is 17.3 Å². The normalized spacial score (nSPS) is 19.7. The zero-order chi connectivity index (χ0) is 16.6. The number of rotatable bonds is 5. The van der Waals surface area contributed by atoms with Gasteiger partial charge in [-0.2, -0.15) is 10.1 Å². The Morgan fingerprint density at radius 1 is 1.17 bits per heavy atom. The molecule has 0 spiro atoms. The van der Waals surface area contributed by atoms with Crippen LogP contribution in [0.1, 0.15) is 31.7 Å². The first-order valence-corrected chi connectivity index (χ1v) is 7.63. The molecule has 2 heterocycles. The van der Waals surface area contributed by atoms with Crippen molar-refractivity contribution in [3.05, 3.63) is 18.0 Å². The van der Waals surface area contributed by atoms with Crippen molar-refractivity contribution in [3.8, 4) is 23.0 Å². The highest BCUT2D eigenvalue weighted by molar-refractivity contribution is 5.75. The molecule has 0 radical (unpaired) electrons. The minimum absolute atomic E-state index is 0.258. The van der Waals surface area contributed by atoms with Crippen molar-refractivity contribution in [2.24, 2.45) is 11.8 Å². The Morgan fingerprint density at radius 3 is 2.57 bits per heavy atom. The molecule has 2 atom stereocenters. The van der Waals surface area contributed by atoms with Gasteiger partial charge in [0.05, 0.1) is 26.0 Å². The molecule has 2 N–H and O–H groups in total. The lowest BCUT2D eigenvalue weighted by Crippen LogP contribution is -2.05. The number of aromatic nitrogens is 4. The van der Waals surface area contributed by atoms with Crippen LogP contribution < -0.4 is 15.2 Å². The van der Waals surface area contributed by atoms with E-state index in [1.165, 1.54) is 7.11 Å². The minimum atomic E-state index is 0.258. The van der Waals surface area contributed by atoms with E-state index in [2.05, 4.69) is 34.0 Å². The van der Waals surface area contributed by atoms with Crippen molar-refractivity contribution in [2.75, 3.05) is 20.0 Å². The van der Waals surface area contributed by atoms with Crippen molar-refractivity contribution in [1.82, 2.24) is 20.2 Å². The molecular weight excluding hydrogens is 294 g/mol. The zero-order valence-electron chi connectivity index (χ0n) is 13.8. The molecule has 2 aromatic heterocycles. The van der Waals surface area contributed by atoms with Crippen molar-refractivity contribution < 1.29 is 9.47 Å². The molecule has 1 aliphatic carbocycles. The van der Waals surface area contributed by atoms with Gasteiger partial charge in [-0.25, -0.2) is 4.98 Å². The van der Waals surface area contributed by atoms with Gasteiger partial charge in [-0.3, -0.25) is 0 Å². The van der Waals surface area contributed by atoms with E-state index >= 15 is 0 Å². The second-order valence-corrected chi connectivity index (χ2v) is 6.09. The van der Waals surface area contributed by atoms with E-state index in [1.54, 1.807) is 19.5 Å². The van der Waals surface area contributed by atoms with Crippen LogP contribution in [0.25, 0.3) is 11.1 Å². The third kappa shape index (κ3) is 2.78. The van der Waals surface area contributed by atoms with E-state index in [0.29, 0.717) is 29.5 Å². The number of nitrogens with two attached hydrogens (primary N) is 1. The molecule has 0 bridgehead atoms. The van der Waals surface area contributed by atoms with Crippen molar-refractivity contribution in [1.29, 1.82) is 0 Å². The van der Waals surface area contributed by atoms with Gasteiger partial charge in [-0.15, -0.1) is 5.10 Å². The largest absolute Gasteiger partial charge is 0.480 e. The third-order valence-corrected chi connectivity index (χ3v) is 4.38. The number of nitrogens with zero attached hydrogens (tertiary/aromatic N) is 4. The Kier molecular flexibility index (Phi) is 4.02. The van der Waals surface area contributed by atoms with Crippen LogP contribution in [0.2, 0.25) is 0 Å². The van der Waals surface area contributed by atoms with E-state index in [0.717, 1.165) is 23.1 Å². The number of nitrogen functional groups attached to an aromatic ring is 1. The molecule has 23 heavy (non-hydrogen) atoms. The topological polar surface area (TPSA) is 96.0 Å². The van der Waals surface area contributed by atoms with Crippen LogP contribution >= 0.6 is 0 Å². The molecule has 2 aromatic rings. The monoisotopic (exact) mass is 315 g/mol. The van der Waals surface area contributed by atoms with E-state index in [9.17, 15) is 0 Å². The summed E-state index contributed by atoms with van der Waals surface area (Å²) in [6.07, 6.45) is 4.49. The Morgan fingerprint density at radius 2 is 1.96 bits per heavy atom. The second kappa shape index (κ2) is 5.98. The van der Waals surface area contributed by atoms with Gasteiger partial charge in [-0.05, 0) is 24.2 Å². The molecule has 0 aromatic carbocycles. The fourth-order valence-electron chi connectivity index (χ4n) is 3.09.